The van der Waals surface area contributed by atoms with Crippen molar-refractivity contribution in [3.05, 3.63) is 0 Å². The summed E-state index contributed by atoms with van der Waals surface area (Å²) in [6.45, 7) is 0. The number of carbonyl (C=O) groups is 1. The maximum Gasteiger partial charge on any atom is 0.229 e. The van der Waals surface area contributed by atoms with Crippen molar-refractivity contribution in [3.8, 4) is 0 Å². The van der Waals surface area contributed by atoms with E-state index in [1.54, 1.807) is 0 Å². The third kappa shape index (κ3) is 1.35. The molecule has 0 bridgehead atoms. The van der Waals surface area contributed by atoms with Gasteiger partial charge in [0.2, 0.25) is 5.91 Å². The Labute approximate surface area is 78.5 Å². The fourth-order valence-corrected chi connectivity index (χ4v) is 2.51. The van der Waals surface area contributed by atoms with E-state index in [-0.39, 0.29) is 5.91 Å². The van der Waals surface area contributed by atoms with Crippen LogP contribution >= 0.6 is 12.6 Å². The van der Waals surface area contributed by atoms with Gasteiger partial charge >= 0.3 is 0 Å². The molecule has 0 aromatic heterocycles. The SMILES string of the molecule is O=C(CS)NC1CC12CCCC2. The van der Waals surface area contributed by atoms with Crippen LogP contribution in [0.25, 0.3) is 0 Å². The van der Waals surface area contributed by atoms with Gasteiger partial charge in [0.05, 0.1) is 5.75 Å². The lowest BCUT2D eigenvalue weighted by atomic mass is 10.1. The molecule has 2 saturated carbocycles. The zero-order chi connectivity index (χ0) is 8.60. The first-order valence-corrected chi connectivity index (χ1v) is 5.30. The lowest BCUT2D eigenvalue weighted by Crippen LogP contribution is -2.29. The molecule has 12 heavy (non-hydrogen) atoms. The van der Waals surface area contributed by atoms with Crippen LogP contribution < -0.4 is 5.32 Å². The summed E-state index contributed by atoms with van der Waals surface area (Å²) < 4.78 is 0. The van der Waals surface area contributed by atoms with Crippen LogP contribution in [0.1, 0.15) is 32.1 Å². The number of rotatable bonds is 2. The Kier molecular flexibility index (Phi) is 2.07. The van der Waals surface area contributed by atoms with E-state index in [2.05, 4.69) is 17.9 Å². The van der Waals surface area contributed by atoms with E-state index in [1.807, 2.05) is 0 Å². The maximum atomic E-state index is 11.0. The first-order valence-electron chi connectivity index (χ1n) is 4.67. The van der Waals surface area contributed by atoms with Crippen molar-refractivity contribution >= 4 is 18.5 Å². The minimum Gasteiger partial charge on any atom is -0.352 e. The van der Waals surface area contributed by atoms with E-state index >= 15 is 0 Å². The van der Waals surface area contributed by atoms with Crippen molar-refractivity contribution in [1.82, 2.24) is 5.32 Å². The Morgan fingerprint density at radius 2 is 2.17 bits per heavy atom. The Hall–Kier alpha value is -0.180. The minimum atomic E-state index is 0.0899. The monoisotopic (exact) mass is 185 g/mol. The summed E-state index contributed by atoms with van der Waals surface area (Å²) in [5, 5.41) is 3.02. The lowest BCUT2D eigenvalue weighted by molar-refractivity contribution is -0.118. The molecule has 1 unspecified atom stereocenters. The topological polar surface area (TPSA) is 29.1 Å². The maximum absolute atomic E-state index is 11.0. The highest BCUT2D eigenvalue weighted by Crippen LogP contribution is 2.57. The van der Waals surface area contributed by atoms with E-state index in [0.717, 1.165) is 0 Å². The molecule has 1 amide bonds. The first kappa shape index (κ1) is 8.42. The average molecular weight is 185 g/mol. The summed E-state index contributed by atoms with van der Waals surface area (Å²) in [6.07, 6.45) is 6.57. The zero-order valence-electron chi connectivity index (χ0n) is 7.18. The van der Waals surface area contributed by atoms with Crippen LogP contribution in [0, 0.1) is 5.41 Å². The van der Waals surface area contributed by atoms with Crippen LogP contribution in [-0.2, 0) is 4.79 Å². The van der Waals surface area contributed by atoms with Crippen molar-refractivity contribution < 1.29 is 4.79 Å². The predicted octanol–water partition coefficient (Wildman–Crippen LogP) is 1.37. The second kappa shape index (κ2) is 2.95. The highest BCUT2D eigenvalue weighted by molar-refractivity contribution is 7.81. The highest BCUT2D eigenvalue weighted by atomic mass is 32.1. The second-order valence-electron chi connectivity index (χ2n) is 4.05. The molecule has 1 atom stereocenters. The fourth-order valence-electron chi connectivity index (χ4n) is 2.42. The van der Waals surface area contributed by atoms with Crippen LogP contribution in [0.15, 0.2) is 0 Å². The summed E-state index contributed by atoms with van der Waals surface area (Å²) in [4.78, 5) is 11.0. The summed E-state index contributed by atoms with van der Waals surface area (Å²) >= 11 is 3.94. The molecule has 68 valence electrons. The van der Waals surface area contributed by atoms with E-state index < -0.39 is 0 Å². The molecule has 0 aromatic rings. The lowest BCUT2D eigenvalue weighted by Gasteiger charge is -2.08. The number of thiol groups is 1. The fraction of sp³-hybridized carbons (Fsp3) is 0.889. The van der Waals surface area contributed by atoms with Gasteiger partial charge in [0.25, 0.3) is 0 Å². The summed E-state index contributed by atoms with van der Waals surface area (Å²) in [5.74, 6) is 0.416. The van der Waals surface area contributed by atoms with Gasteiger partial charge in [0, 0.05) is 6.04 Å². The van der Waals surface area contributed by atoms with Crippen molar-refractivity contribution in [2.75, 3.05) is 5.75 Å². The summed E-state index contributed by atoms with van der Waals surface area (Å²) in [6, 6.07) is 0.486. The predicted molar refractivity (Wildman–Crippen MR) is 51.3 cm³/mol. The third-order valence-corrected chi connectivity index (χ3v) is 3.56. The van der Waals surface area contributed by atoms with Gasteiger partial charge in [0.15, 0.2) is 0 Å². The van der Waals surface area contributed by atoms with Crippen LogP contribution in [0.3, 0.4) is 0 Å². The molecule has 2 fully saturated rings. The van der Waals surface area contributed by atoms with E-state index in [0.29, 0.717) is 17.2 Å². The summed E-state index contributed by atoms with van der Waals surface area (Å²) in [5.41, 5.74) is 0.526. The first-order chi connectivity index (χ1) is 5.77. The van der Waals surface area contributed by atoms with Crippen molar-refractivity contribution in [2.24, 2.45) is 5.41 Å². The Balaban J connectivity index is 1.83. The number of amides is 1. The quantitative estimate of drug-likeness (QED) is 0.625. The van der Waals surface area contributed by atoms with E-state index in [1.165, 1.54) is 32.1 Å². The van der Waals surface area contributed by atoms with Gasteiger partial charge in [-0.2, -0.15) is 12.6 Å². The van der Waals surface area contributed by atoms with Gasteiger partial charge < -0.3 is 5.32 Å². The Morgan fingerprint density at radius 1 is 1.50 bits per heavy atom. The average Bonchev–Trinajstić information content (AvgIpc) is 2.51. The number of hydrogen-bond acceptors (Lipinski definition) is 2. The normalized spacial score (nSPS) is 30.6. The van der Waals surface area contributed by atoms with Crippen molar-refractivity contribution in [3.63, 3.8) is 0 Å². The van der Waals surface area contributed by atoms with Crippen LogP contribution in [0.4, 0.5) is 0 Å². The zero-order valence-corrected chi connectivity index (χ0v) is 8.07. The molecule has 0 saturated heterocycles. The van der Waals surface area contributed by atoms with Gasteiger partial charge in [-0.25, -0.2) is 0 Å². The molecule has 3 heteroatoms. The Bertz CT molecular complexity index is 199. The van der Waals surface area contributed by atoms with Gasteiger partial charge in [-0.05, 0) is 24.7 Å². The van der Waals surface area contributed by atoms with Crippen molar-refractivity contribution in [2.45, 2.75) is 38.1 Å². The standard InChI is InChI=1S/C9H15NOS/c11-8(6-12)10-7-5-9(7)3-1-2-4-9/h7,12H,1-6H2,(H,10,11). The molecule has 2 aliphatic rings. The van der Waals surface area contributed by atoms with Crippen LogP contribution in [0.2, 0.25) is 0 Å². The van der Waals surface area contributed by atoms with Crippen LogP contribution in [-0.4, -0.2) is 17.7 Å². The molecular weight excluding hydrogens is 170 g/mol. The minimum absolute atomic E-state index is 0.0899. The molecule has 2 rings (SSSR count). The molecule has 0 heterocycles. The molecule has 0 aromatic carbocycles. The molecule has 1 N–H and O–H groups in total. The molecule has 2 aliphatic carbocycles. The van der Waals surface area contributed by atoms with Gasteiger partial charge in [-0.15, -0.1) is 0 Å². The smallest absolute Gasteiger partial charge is 0.229 e. The molecule has 0 aliphatic heterocycles. The highest BCUT2D eigenvalue weighted by Gasteiger charge is 2.55. The largest absolute Gasteiger partial charge is 0.352 e. The molecule has 1 spiro atoms. The molecule has 0 radical (unpaired) electrons. The van der Waals surface area contributed by atoms with Crippen molar-refractivity contribution in [1.29, 1.82) is 0 Å². The number of nitrogens with one attached hydrogen (secondary N) is 1. The van der Waals surface area contributed by atoms with Gasteiger partial charge in [-0.3, -0.25) is 4.79 Å². The van der Waals surface area contributed by atoms with Gasteiger partial charge in [0.1, 0.15) is 0 Å². The molecular formula is C9H15NOS. The van der Waals surface area contributed by atoms with E-state index in [4.69, 9.17) is 0 Å². The summed E-state index contributed by atoms with van der Waals surface area (Å²) in [7, 11) is 0. The Morgan fingerprint density at radius 3 is 2.75 bits per heavy atom. The van der Waals surface area contributed by atoms with Crippen LogP contribution in [0.5, 0.6) is 0 Å². The van der Waals surface area contributed by atoms with E-state index in [9.17, 15) is 4.79 Å². The van der Waals surface area contributed by atoms with Gasteiger partial charge in [-0.1, -0.05) is 12.8 Å². The third-order valence-electron chi connectivity index (χ3n) is 3.27. The number of carbonyl (C=O) groups excluding carboxylic acids is 1. The molecule has 2 nitrogen and oxygen atoms in total. The second-order valence-corrected chi connectivity index (χ2v) is 4.37. The number of hydrogen-bond donors (Lipinski definition) is 2.